The molecule has 0 aromatic carbocycles. The van der Waals surface area contributed by atoms with E-state index < -0.39 is 0 Å². The molecule has 0 bridgehead atoms. The van der Waals surface area contributed by atoms with Gasteiger partial charge in [-0.05, 0) is 19.8 Å². The van der Waals surface area contributed by atoms with Gasteiger partial charge in [-0.15, -0.1) is 0 Å². The van der Waals surface area contributed by atoms with Crippen molar-refractivity contribution in [1.29, 1.82) is 0 Å². The fourth-order valence-electron chi connectivity index (χ4n) is 1.58. The third-order valence-corrected chi connectivity index (χ3v) is 2.41. The van der Waals surface area contributed by atoms with Crippen LogP contribution in [0.2, 0.25) is 0 Å². The van der Waals surface area contributed by atoms with Crippen molar-refractivity contribution in [1.82, 2.24) is 4.90 Å². The molecule has 0 radical (unpaired) electrons. The van der Waals surface area contributed by atoms with E-state index in [1.165, 1.54) is 4.90 Å². The smallest absolute Gasteiger partial charge is 0.251 e. The number of rotatable bonds is 3. The molecule has 0 saturated carbocycles. The largest absolute Gasteiger partial charge is 0.409 e. The number of oxime groups is 1. The molecule has 15 heavy (non-hydrogen) atoms. The van der Waals surface area contributed by atoms with Crippen LogP contribution in [0.3, 0.4) is 0 Å². The topological polar surface area (TPSA) is 88.2 Å². The van der Waals surface area contributed by atoms with Crippen molar-refractivity contribution in [2.75, 3.05) is 13.6 Å². The van der Waals surface area contributed by atoms with Crippen molar-refractivity contribution in [3.05, 3.63) is 0 Å². The van der Waals surface area contributed by atoms with Crippen molar-refractivity contribution < 1.29 is 14.7 Å². The second kappa shape index (κ2) is 4.97. The van der Waals surface area contributed by atoms with E-state index in [-0.39, 0.29) is 30.5 Å². The maximum atomic E-state index is 11.8. The minimum absolute atomic E-state index is 0.0110. The monoisotopic (exact) mass is 215 g/mol. The molecule has 1 saturated heterocycles. The summed E-state index contributed by atoms with van der Waals surface area (Å²) in [6.07, 6.45) is 1.39. The van der Waals surface area contributed by atoms with Gasteiger partial charge in [-0.25, -0.2) is 0 Å². The molecule has 0 spiro atoms. The Labute approximate surface area is 88.7 Å². The van der Waals surface area contributed by atoms with Crippen LogP contribution in [0.1, 0.15) is 19.8 Å². The van der Waals surface area contributed by atoms with Crippen LogP contribution in [0.25, 0.3) is 0 Å². The van der Waals surface area contributed by atoms with Crippen LogP contribution in [-0.2, 0) is 9.53 Å². The number of likely N-dealkylation sites (N-methyl/N-ethyl adjacent to an activating group) is 1. The number of amidine groups is 1. The molecule has 1 amide bonds. The predicted molar refractivity (Wildman–Crippen MR) is 54.6 cm³/mol. The number of carbonyl (C=O) groups is 1. The highest BCUT2D eigenvalue weighted by atomic mass is 16.5. The average molecular weight is 215 g/mol. The zero-order valence-corrected chi connectivity index (χ0v) is 9.01. The molecule has 86 valence electrons. The number of nitrogens with zero attached hydrogens (tertiary/aromatic N) is 2. The van der Waals surface area contributed by atoms with Gasteiger partial charge in [0.15, 0.2) is 5.84 Å². The number of amides is 1. The van der Waals surface area contributed by atoms with Gasteiger partial charge >= 0.3 is 0 Å². The summed E-state index contributed by atoms with van der Waals surface area (Å²) in [6.45, 7) is 2.06. The van der Waals surface area contributed by atoms with Gasteiger partial charge in [0.2, 0.25) is 0 Å². The molecule has 0 aliphatic carbocycles. The van der Waals surface area contributed by atoms with Gasteiger partial charge < -0.3 is 20.6 Å². The molecular formula is C9H17N3O3. The zero-order chi connectivity index (χ0) is 11.4. The summed E-state index contributed by atoms with van der Waals surface area (Å²) in [5.74, 6) is -0.108. The highest BCUT2D eigenvalue weighted by Gasteiger charge is 2.30. The Morgan fingerprint density at radius 3 is 2.80 bits per heavy atom. The summed E-state index contributed by atoms with van der Waals surface area (Å²) in [5, 5.41) is 11.2. The van der Waals surface area contributed by atoms with Gasteiger partial charge in [-0.1, -0.05) is 5.16 Å². The molecule has 1 aliphatic heterocycles. The molecule has 3 N–H and O–H groups in total. The summed E-state index contributed by atoms with van der Waals surface area (Å²) < 4.78 is 5.43. The first-order valence-electron chi connectivity index (χ1n) is 4.91. The van der Waals surface area contributed by atoms with Crippen molar-refractivity contribution in [2.45, 2.75) is 32.0 Å². The first-order valence-corrected chi connectivity index (χ1v) is 4.91. The first-order chi connectivity index (χ1) is 7.04. The number of nitrogens with two attached hydrogens (primary N) is 1. The van der Waals surface area contributed by atoms with Gasteiger partial charge in [-0.3, -0.25) is 4.79 Å². The van der Waals surface area contributed by atoms with Crippen LogP contribution < -0.4 is 5.73 Å². The SMILES string of the molecule is CC1CCC(C(=O)N(C)CC(N)=NO)O1. The average Bonchev–Trinajstić information content (AvgIpc) is 2.63. The van der Waals surface area contributed by atoms with E-state index in [4.69, 9.17) is 15.7 Å². The molecule has 1 aliphatic rings. The van der Waals surface area contributed by atoms with Crippen LogP contribution >= 0.6 is 0 Å². The predicted octanol–water partition coefficient (Wildman–Crippen LogP) is -0.241. The van der Waals surface area contributed by atoms with Crippen molar-refractivity contribution in [3.63, 3.8) is 0 Å². The van der Waals surface area contributed by atoms with E-state index >= 15 is 0 Å². The molecule has 6 nitrogen and oxygen atoms in total. The van der Waals surface area contributed by atoms with Gasteiger partial charge in [-0.2, -0.15) is 0 Å². The summed E-state index contributed by atoms with van der Waals surface area (Å²) >= 11 is 0. The molecule has 0 aromatic rings. The van der Waals surface area contributed by atoms with Crippen molar-refractivity contribution >= 4 is 11.7 Å². The van der Waals surface area contributed by atoms with Crippen LogP contribution in [0.4, 0.5) is 0 Å². The Morgan fingerprint density at radius 1 is 1.67 bits per heavy atom. The number of ether oxygens (including phenoxy) is 1. The number of carbonyl (C=O) groups excluding carboxylic acids is 1. The van der Waals surface area contributed by atoms with Crippen LogP contribution in [0, 0.1) is 0 Å². The van der Waals surface area contributed by atoms with Crippen molar-refractivity contribution in [3.8, 4) is 0 Å². The molecule has 2 unspecified atom stereocenters. The quantitative estimate of drug-likeness (QED) is 0.294. The van der Waals surface area contributed by atoms with Gasteiger partial charge in [0, 0.05) is 7.05 Å². The highest BCUT2D eigenvalue weighted by molar-refractivity contribution is 5.88. The van der Waals surface area contributed by atoms with Crippen LogP contribution in [-0.4, -0.2) is 47.7 Å². The van der Waals surface area contributed by atoms with Gasteiger partial charge in [0.1, 0.15) is 6.10 Å². The molecule has 2 atom stereocenters. The van der Waals surface area contributed by atoms with E-state index in [1.807, 2.05) is 6.92 Å². The maximum absolute atomic E-state index is 11.8. The summed E-state index contributed by atoms with van der Waals surface area (Å²) in [6, 6.07) is 0. The Bertz CT molecular complexity index is 267. The highest BCUT2D eigenvalue weighted by Crippen LogP contribution is 2.20. The summed E-state index contributed by atoms with van der Waals surface area (Å²) in [7, 11) is 1.60. The summed E-state index contributed by atoms with van der Waals surface area (Å²) in [4.78, 5) is 13.2. The lowest BCUT2D eigenvalue weighted by atomic mass is 10.2. The third-order valence-electron chi connectivity index (χ3n) is 2.41. The Hall–Kier alpha value is -1.30. The Kier molecular flexibility index (Phi) is 3.90. The van der Waals surface area contributed by atoms with Gasteiger partial charge in [0.25, 0.3) is 5.91 Å². The second-order valence-electron chi connectivity index (χ2n) is 3.80. The van der Waals surface area contributed by atoms with Crippen molar-refractivity contribution in [2.24, 2.45) is 10.9 Å². The fourth-order valence-corrected chi connectivity index (χ4v) is 1.58. The summed E-state index contributed by atoms with van der Waals surface area (Å²) in [5.41, 5.74) is 5.30. The number of hydrogen-bond acceptors (Lipinski definition) is 4. The number of hydrogen-bond donors (Lipinski definition) is 2. The lowest BCUT2D eigenvalue weighted by Crippen LogP contribution is -2.41. The van der Waals surface area contributed by atoms with E-state index in [1.54, 1.807) is 7.05 Å². The lowest BCUT2D eigenvalue weighted by molar-refractivity contribution is -0.140. The van der Waals surface area contributed by atoms with E-state index in [0.717, 1.165) is 12.8 Å². The minimum atomic E-state index is -0.378. The second-order valence-corrected chi connectivity index (χ2v) is 3.80. The normalized spacial score (nSPS) is 26.7. The van der Waals surface area contributed by atoms with E-state index in [2.05, 4.69) is 5.16 Å². The standard InChI is InChI=1S/C9H17N3O3/c1-6-3-4-7(15-6)9(13)12(2)5-8(10)11-14/h6-7,14H,3-5H2,1-2H3,(H2,10,11). The van der Waals surface area contributed by atoms with Crippen LogP contribution in [0.15, 0.2) is 5.16 Å². The third kappa shape index (κ3) is 3.09. The zero-order valence-electron chi connectivity index (χ0n) is 9.01. The maximum Gasteiger partial charge on any atom is 0.251 e. The molecule has 6 heteroatoms. The Balaban J connectivity index is 2.46. The molecule has 0 aromatic heterocycles. The molecule has 1 heterocycles. The lowest BCUT2D eigenvalue weighted by Gasteiger charge is -2.20. The van der Waals surface area contributed by atoms with E-state index in [0.29, 0.717) is 0 Å². The van der Waals surface area contributed by atoms with Gasteiger partial charge in [0.05, 0.1) is 12.6 Å². The molecular weight excluding hydrogens is 198 g/mol. The van der Waals surface area contributed by atoms with Crippen LogP contribution in [0.5, 0.6) is 0 Å². The molecule has 1 rings (SSSR count). The minimum Gasteiger partial charge on any atom is -0.409 e. The van der Waals surface area contributed by atoms with E-state index in [9.17, 15) is 4.79 Å². The fraction of sp³-hybridized carbons (Fsp3) is 0.778. The molecule has 1 fully saturated rings. The Morgan fingerprint density at radius 2 is 2.33 bits per heavy atom. The first kappa shape index (κ1) is 11.8.